The average Bonchev–Trinajstić information content (AvgIpc) is 3.10. The minimum Gasteiger partial charge on any atom is -0.398 e. The smallest absolute Gasteiger partial charge is 0.305 e. The maximum Gasteiger partial charge on any atom is 0.305 e. The summed E-state index contributed by atoms with van der Waals surface area (Å²) in [5.74, 6) is -0.867. The maximum absolute atomic E-state index is 16.0. The van der Waals surface area contributed by atoms with Crippen molar-refractivity contribution in [1.29, 1.82) is 0 Å². The summed E-state index contributed by atoms with van der Waals surface area (Å²) in [6.45, 7) is 20.0. The van der Waals surface area contributed by atoms with Gasteiger partial charge >= 0.3 is 5.69 Å². The van der Waals surface area contributed by atoms with Crippen molar-refractivity contribution in [2.45, 2.75) is 78.6 Å². The lowest BCUT2D eigenvalue weighted by Gasteiger charge is -2.28. The highest BCUT2D eigenvalue weighted by Crippen LogP contribution is 2.47. The fourth-order valence-corrected chi connectivity index (χ4v) is 6.83. The number of nitro benzene ring substituents is 1. The zero-order valence-corrected chi connectivity index (χ0v) is 32.3. The van der Waals surface area contributed by atoms with Gasteiger partial charge in [-0.25, -0.2) is 0 Å². The van der Waals surface area contributed by atoms with Crippen LogP contribution in [0.25, 0.3) is 55.6 Å². The number of nitro groups is 1. The third-order valence-electron chi connectivity index (χ3n) is 10.1. The summed E-state index contributed by atoms with van der Waals surface area (Å²) in [5, 5.41) is 11.8. The molecule has 6 aromatic carbocycles. The Bertz CT molecular complexity index is 2310. The highest BCUT2D eigenvalue weighted by molar-refractivity contribution is 5.99. The Kier molecular flexibility index (Phi) is 9.67. The number of nitrogens with zero attached hydrogens (tertiary/aromatic N) is 1. The Morgan fingerprint density at radius 3 is 1.53 bits per heavy atom. The summed E-state index contributed by atoms with van der Waals surface area (Å²) >= 11 is 0. The van der Waals surface area contributed by atoms with Crippen LogP contribution in [0.1, 0.15) is 79.0 Å². The lowest BCUT2D eigenvalue weighted by atomic mass is 9.77. The van der Waals surface area contributed by atoms with E-state index in [0.717, 1.165) is 50.1 Å². The molecule has 0 amide bonds. The third-order valence-corrected chi connectivity index (χ3v) is 10.1. The summed E-state index contributed by atoms with van der Waals surface area (Å²) in [6.07, 6.45) is 0. The normalized spacial score (nSPS) is 12.2. The first kappa shape index (κ1) is 37.2. The first-order valence-corrected chi connectivity index (χ1v) is 18.2. The number of rotatable bonds is 6. The molecule has 0 aliphatic rings. The second kappa shape index (κ2) is 13.8. The van der Waals surface area contributed by atoms with Crippen LogP contribution in [-0.2, 0) is 16.2 Å². The molecule has 4 nitrogen and oxygen atoms in total. The molecule has 0 atom stereocenters. The zero-order valence-electron chi connectivity index (χ0n) is 32.3. The van der Waals surface area contributed by atoms with Gasteiger partial charge in [0.15, 0.2) is 0 Å². The predicted octanol–water partition coefficient (Wildman–Crippen LogP) is 13.5. The Morgan fingerprint density at radius 2 is 0.962 bits per heavy atom. The number of nitrogen functional groups attached to an aromatic ring is 1. The molecule has 0 radical (unpaired) electrons. The van der Waals surface area contributed by atoms with Crippen LogP contribution < -0.4 is 5.73 Å². The molecule has 0 saturated heterocycles. The molecule has 0 aromatic heterocycles. The van der Waals surface area contributed by atoms with E-state index in [1.807, 2.05) is 60.7 Å². The van der Waals surface area contributed by atoms with Crippen molar-refractivity contribution in [3.8, 4) is 55.6 Å². The highest BCUT2D eigenvalue weighted by atomic mass is 19.1. The van der Waals surface area contributed by atoms with Crippen molar-refractivity contribution in [2.75, 3.05) is 5.73 Å². The summed E-state index contributed by atoms with van der Waals surface area (Å²) < 4.78 is 16.0. The first-order chi connectivity index (χ1) is 24.8. The van der Waals surface area contributed by atoms with Gasteiger partial charge in [0.25, 0.3) is 0 Å². The van der Waals surface area contributed by atoms with Gasteiger partial charge in [-0.05, 0) is 90.1 Å². The Labute approximate surface area is 313 Å². The molecule has 0 spiro atoms. The van der Waals surface area contributed by atoms with Crippen molar-refractivity contribution in [3.05, 3.63) is 154 Å². The van der Waals surface area contributed by atoms with Crippen molar-refractivity contribution in [3.63, 3.8) is 0 Å². The minimum absolute atomic E-state index is 0.0796. The van der Waals surface area contributed by atoms with Crippen molar-refractivity contribution < 1.29 is 9.31 Å². The molecule has 5 heteroatoms. The number of nitrogens with two attached hydrogens (primary N) is 1. The van der Waals surface area contributed by atoms with Crippen molar-refractivity contribution in [1.82, 2.24) is 0 Å². The van der Waals surface area contributed by atoms with Crippen molar-refractivity contribution >= 4 is 11.4 Å². The zero-order chi connectivity index (χ0) is 38.5. The van der Waals surface area contributed by atoms with Gasteiger partial charge in [-0.3, -0.25) is 10.1 Å². The van der Waals surface area contributed by atoms with Crippen LogP contribution in [0.2, 0.25) is 0 Å². The Balaban J connectivity index is 1.68. The molecule has 2 N–H and O–H groups in total. The van der Waals surface area contributed by atoms with E-state index in [0.29, 0.717) is 11.3 Å². The summed E-state index contributed by atoms with van der Waals surface area (Å²) in [5.41, 5.74) is 18.7. The van der Waals surface area contributed by atoms with Gasteiger partial charge in [0.2, 0.25) is 5.82 Å². The molecule has 0 bridgehead atoms. The number of anilines is 1. The average molecular weight is 705 g/mol. The third kappa shape index (κ3) is 7.52. The number of benzene rings is 6. The van der Waals surface area contributed by atoms with Crippen LogP contribution in [0, 0.1) is 15.9 Å². The quantitative estimate of drug-likeness (QED) is 0.107. The maximum atomic E-state index is 16.0. The van der Waals surface area contributed by atoms with E-state index in [4.69, 9.17) is 5.73 Å². The van der Waals surface area contributed by atoms with Crippen LogP contribution in [0.15, 0.2) is 121 Å². The molecule has 0 unspecified atom stereocenters. The van der Waals surface area contributed by atoms with Gasteiger partial charge in [0, 0.05) is 28.4 Å². The molecule has 0 aliphatic heterocycles. The van der Waals surface area contributed by atoms with E-state index < -0.39 is 16.4 Å². The molecule has 270 valence electrons. The number of halogens is 1. The van der Waals surface area contributed by atoms with Crippen LogP contribution in [0.4, 0.5) is 15.8 Å². The fraction of sp³-hybridized carbons (Fsp3) is 0.250. The minimum atomic E-state index is -0.867. The van der Waals surface area contributed by atoms with Crippen molar-refractivity contribution in [2.24, 2.45) is 0 Å². The van der Waals surface area contributed by atoms with E-state index in [9.17, 15) is 10.1 Å². The molecule has 53 heavy (non-hydrogen) atoms. The summed E-state index contributed by atoms with van der Waals surface area (Å²) in [7, 11) is 0. The van der Waals surface area contributed by atoms with Crippen LogP contribution in [-0.4, -0.2) is 4.92 Å². The number of hydrogen-bond acceptors (Lipinski definition) is 3. The lowest BCUT2D eigenvalue weighted by Crippen LogP contribution is -2.17. The van der Waals surface area contributed by atoms with E-state index in [1.165, 1.54) is 23.3 Å². The van der Waals surface area contributed by atoms with E-state index in [1.54, 1.807) is 6.07 Å². The van der Waals surface area contributed by atoms with Crippen LogP contribution in [0.5, 0.6) is 0 Å². The predicted molar refractivity (Wildman–Crippen MR) is 221 cm³/mol. The van der Waals surface area contributed by atoms with Crippen LogP contribution in [0.3, 0.4) is 0 Å². The highest BCUT2D eigenvalue weighted by Gasteiger charge is 2.26. The van der Waals surface area contributed by atoms with E-state index >= 15 is 4.39 Å². The first-order valence-electron chi connectivity index (χ1n) is 18.2. The molecule has 6 aromatic rings. The van der Waals surface area contributed by atoms with E-state index in [2.05, 4.69) is 105 Å². The van der Waals surface area contributed by atoms with Gasteiger partial charge in [-0.2, -0.15) is 4.39 Å². The molecule has 6 rings (SSSR count). The van der Waals surface area contributed by atoms with Gasteiger partial charge < -0.3 is 5.73 Å². The largest absolute Gasteiger partial charge is 0.398 e. The fourth-order valence-electron chi connectivity index (χ4n) is 6.83. The van der Waals surface area contributed by atoms with Crippen LogP contribution >= 0.6 is 0 Å². The molecular formula is C48H49FN2O2. The number of hydrogen-bond donors (Lipinski definition) is 1. The van der Waals surface area contributed by atoms with Gasteiger partial charge in [-0.15, -0.1) is 0 Å². The molecular weight excluding hydrogens is 656 g/mol. The monoisotopic (exact) mass is 704 g/mol. The second-order valence-corrected chi connectivity index (χ2v) is 17.1. The topological polar surface area (TPSA) is 69.2 Å². The Morgan fingerprint density at radius 1 is 0.472 bits per heavy atom. The SMILES string of the molecule is CC(C)(C)c1cc(-c2cc(C(C)(C)C)cc(-c3ccccc3-c3cc(-c4ccccc4)ccc3-c3cccc([N+](=O)[O-])c3F)c2N)cc(C(C)(C)C)c1. The summed E-state index contributed by atoms with van der Waals surface area (Å²) in [6, 6.07) is 39.5. The van der Waals surface area contributed by atoms with Gasteiger partial charge in [0.1, 0.15) is 0 Å². The standard InChI is InChI=1S/C48H49FN2O2/c1-46(2,3)33-24-32(25-34(27-33)47(4,5)6)40-28-35(48(7,8)9)29-42(45(40)50)37-19-14-13-18-36(37)41-26-31(30-16-11-10-12-17-30)22-23-38(41)39-20-15-21-43(44(39)49)51(52)53/h10-29H,50H2,1-9H3. The molecule has 0 fully saturated rings. The lowest BCUT2D eigenvalue weighted by molar-refractivity contribution is -0.387. The molecule has 0 saturated carbocycles. The summed E-state index contributed by atoms with van der Waals surface area (Å²) in [4.78, 5) is 11.2. The van der Waals surface area contributed by atoms with E-state index in [-0.39, 0.29) is 21.8 Å². The van der Waals surface area contributed by atoms with Gasteiger partial charge in [0.05, 0.1) is 4.92 Å². The van der Waals surface area contributed by atoms with Gasteiger partial charge in [-0.1, -0.05) is 159 Å². The second-order valence-electron chi connectivity index (χ2n) is 17.1. The molecule has 0 aliphatic carbocycles. The molecule has 0 heterocycles. The Hall–Kier alpha value is -5.55.